The van der Waals surface area contributed by atoms with E-state index in [1.54, 1.807) is 12.1 Å². The molecule has 32 heavy (non-hydrogen) atoms. The van der Waals surface area contributed by atoms with Crippen molar-refractivity contribution in [3.63, 3.8) is 0 Å². The van der Waals surface area contributed by atoms with Crippen molar-refractivity contribution < 1.29 is 14.6 Å². The molecule has 0 bridgehead atoms. The van der Waals surface area contributed by atoms with Gasteiger partial charge < -0.3 is 9.84 Å². The van der Waals surface area contributed by atoms with Crippen LogP contribution in [0.3, 0.4) is 0 Å². The van der Waals surface area contributed by atoms with Crippen molar-refractivity contribution in [2.45, 2.75) is 0 Å². The van der Waals surface area contributed by atoms with E-state index in [1.165, 1.54) is 19.4 Å². The number of ether oxygens (including phenoxy) is 1. The summed E-state index contributed by atoms with van der Waals surface area (Å²) in [6.07, 6.45) is 1.41. The fourth-order valence-electron chi connectivity index (χ4n) is 3.07. The highest BCUT2D eigenvalue weighted by molar-refractivity contribution is 5.92. The Balaban J connectivity index is 1.61. The van der Waals surface area contributed by atoms with Gasteiger partial charge in [0, 0.05) is 11.1 Å². The average Bonchev–Trinajstić information content (AvgIpc) is 2.85. The summed E-state index contributed by atoms with van der Waals surface area (Å²) >= 11 is 0. The summed E-state index contributed by atoms with van der Waals surface area (Å²) in [7, 11) is 1.47. The summed E-state index contributed by atoms with van der Waals surface area (Å²) in [5, 5.41) is 13.8. The zero-order valence-electron chi connectivity index (χ0n) is 17.3. The number of hydrogen-bond acceptors (Lipinski definition) is 6. The van der Waals surface area contributed by atoms with Gasteiger partial charge in [0.05, 0.1) is 24.7 Å². The van der Waals surface area contributed by atoms with Crippen LogP contribution in [-0.4, -0.2) is 34.3 Å². The number of hydrogen-bond donors (Lipinski definition) is 2. The number of rotatable bonds is 6. The van der Waals surface area contributed by atoms with E-state index in [0.717, 1.165) is 11.1 Å². The number of carbonyl (C=O) groups is 1. The number of hydrazone groups is 1. The third-order valence-corrected chi connectivity index (χ3v) is 4.65. The van der Waals surface area contributed by atoms with Crippen molar-refractivity contribution in [2.24, 2.45) is 5.10 Å². The smallest absolute Gasteiger partial charge is 0.309 e. The molecule has 1 amide bonds. The Labute approximate surface area is 185 Å². The summed E-state index contributed by atoms with van der Waals surface area (Å²) < 4.78 is 5.02. The van der Waals surface area contributed by atoms with Gasteiger partial charge in [0.2, 0.25) is 5.82 Å². The average molecular weight is 424 g/mol. The maximum Gasteiger partial charge on any atom is 0.309 e. The fourth-order valence-corrected chi connectivity index (χ4v) is 3.07. The number of carbonyl (C=O) groups excluding carboxylic acids is 1. The number of benzene rings is 3. The standard InChI is InChI=1S/C25H20N4O3/c1-32-23-13-12-17(14-22(23)30)16-26-29-25(31)24-27-20(18-8-4-2-5-9-18)15-21(28-24)19-10-6-3-7-11-19/h2-16,30H,1H3,(H,29,31)/b26-16+. The minimum absolute atomic E-state index is 0.0000609. The zero-order chi connectivity index (χ0) is 22.3. The van der Waals surface area contributed by atoms with Gasteiger partial charge in [-0.1, -0.05) is 60.7 Å². The SMILES string of the molecule is COc1ccc(/C=N/NC(=O)c2nc(-c3ccccc3)cc(-c3ccccc3)n2)cc1O. The number of phenolic OH excluding ortho intramolecular Hbond substituents is 1. The van der Waals surface area contributed by atoms with Crippen LogP contribution in [0.2, 0.25) is 0 Å². The second-order valence-corrected chi connectivity index (χ2v) is 6.82. The molecular formula is C25H20N4O3. The van der Waals surface area contributed by atoms with Crippen LogP contribution in [0.25, 0.3) is 22.5 Å². The first-order valence-electron chi connectivity index (χ1n) is 9.84. The first kappa shape index (κ1) is 20.7. The largest absolute Gasteiger partial charge is 0.504 e. The highest BCUT2D eigenvalue weighted by Gasteiger charge is 2.14. The minimum atomic E-state index is -0.547. The highest BCUT2D eigenvalue weighted by Crippen LogP contribution is 2.26. The summed E-state index contributed by atoms with van der Waals surface area (Å²) in [4.78, 5) is 21.6. The van der Waals surface area contributed by atoms with Crippen LogP contribution in [0.5, 0.6) is 11.5 Å². The van der Waals surface area contributed by atoms with E-state index < -0.39 is 5.91 Å². The lowest BCUT2D eigenvalue weighted by atomic mass is 10.1. The molecule has 3 aromatic carbocycles. The van der Waals surface area contributed by atoms with E-state index in [1.807, 2.05) is 66.7 Å². The van der Waals surface area contributed by atoms with Gasteiger partial charge in [-0.15, -0.1) is 0 Å². The number of aromatic hydroxyl groups is 1. The van der Waals surface area contributed by atoms with Crippen LogP contribution in [0.1, 0.15) is 16.2 Å². The number of aromatic nitrogens is 2. The Bertz CT molecular complexity index is 1200. The van der Waals surface area contributed by atoms with Gasteiger partial charge in [-0.3, -0.25) is 4.79 Å². The Kier molecular flexibility index (Phi) is 6.17. The van der Waals surface area contributed by atoms with E-state index in [0.29, 0.717) is 22.7 Å². The second kappa shape index (κ2) is 9.53. The summed E-state index contributed by atoms with van der Waals surface area (Å²) in [5.74, 6) is -0.214. The Hall–Kier alpha value is -4.52. The molecule has 0 saturated carbocycles. The van der Waals surface area contributed by atoms with Gasteiger partial charge in [0.25, 0.3) is 0 Å². The van der Waals surface area contributed by atoms with Crippen LogP contribution in [0.15, 0.2) is 90.0 Å². The van der Waals surface area contributed by atoms with Crippen LogP contribution >= 0.6 is 0 Å². The van der Waals surface area contributed by atoms with Crippen molar-refractivity contribution in [1.82, 2.24) is 15.4 Å². The van der Waals surface area contributed by atoms with Crippen molar-refractivity contribution in [3.8, 4) is 34.0 Å². The normalized spacial score (nSPS) is 10.8. The topological polar surface area (TPSA) is 96.7 Å². The zero-order valence-corrected chi connectivity index (χ0v) is 17.3. The molecule has 158 valence electrons. The number of nitrogens with one attached hydrogen (secondary N) is 1. The molecule has 0 fully saturated rings. The number of nitrogens with zero attached hydrogens (tertiary/aromatic N) is 3. The van der Waals surface area contributed by atoms with Crippen LogP contribution < -0.4 is 10.2 Å². The molecule has 0 radical (unpaired) electrons. The summed E-state index contributed by atoms with van der Waals surface area (Å²) in [6, 6.07) is 25.8. The summed E-state index contributed by atoms with van der Waals surface area (Å²) in [6.45, 7) is 0. The van der Waals surface area contributed by atoms with Crippen molar-refractivity contribution in [2.75, 3.05) is 7.11 Å². The predicted octanol–water partition coefficient (Wildman–Crippen LogP) is 4.29. The quantitative estimate of drug-likeness (QED) is 0.356. The maximum atomic E-state index is 12.8. The fraction of sp³-hybridized carbons (Fsp3) is 0.0400. The van der Waals surface area contributed by atoms with E-state index in [4.69, 9.17) is 4.74 Å². The molecule has 2 N–H and O–H groups in total. The second-order valence-electron chi connectivity index (χ2n) is 6.82. The van der Waals surface area contributed by atoms with Crippen molar-refractivity contribution in [3.05, 3.63) is 96.3 Å². The van der Waals surface area contributed by atoms with Crippen molar-refractivity contribution >= 4 is 12.1 Å². The number of methoxy groups -OCH3 is 1. The van der Waals surface area contributed by atoms with Gasteiger partial charge >= 0.3 is 5.91 Å². The molecule has 0 aliphatic rings. The monoisotopic (exact) mass is 424 g/mol. The minimum Gasteiger partial charge on any atom is -0.504 e. The Morgan fingerprint density at radius 3 is 2.03 bits per heavy atom. The molecular weight excluding hydrogens is 404 g/mol. The maximum absolute atomic E-state index is 12.8. The Morgan fingerprint density at radius 1 is 0.906 bits per heavy atom. The van der Waals surface area contributed by atoms with Crippen LogP contribution in [0.4, 0.5) is 0 Å². The van der Waals surface area contributed by atoms with E-state index in [-0.39, 0.29) is 11.6 Å². The molecule has 1 aromatic heterocycles. The molecule has 7 nitrogen and oxygen atoms in total. The molecule has 7 heteroatoms. The predicted molar refractivity (Wildman–Crippen MR) is 123 cm³/mol. The van der Waals surface area contributed by atoms with Crippen LogP contribution in [0, 0.1) is 0 Å². The van der Waals surface area contributed by atoms with Crippen LogP contribution in [-0.2, 0) is 0 Å². The van der Waals surface area contributed by atoms with Crippen molar-refractivity contribution in [1.29, 1.82) is 0 Å². The molecule has 0 saturated heterocycles. The first-order chi connectivity index (χ1) is 15.6. The van der Waals surface area contributed by atoms with Gasteiger partial charge in [-0.2, -0.15) is 5.10 Å². The lowest BCUT2D eigenvalue weighted by Gasteiger charge is -2.08. The third-order valence-electron chi connectivity index (χ3n) is 4.65. The van der Waals surface area contributed by atoms with Gasteiger partial charge in [-0.25, -0.2) is 15.4 Å². The molecule has 0 unspecified atom stereocenters. The number of phenols is 1. The lowest BCUT2D eigenvalue weighted by Crippen LogP contribution is -2.21. The molecule has 0 atom stereocenters. The molecule has 1 heterocycles. The van der Waals surface area contributed by atoms with E-state index in [9.17, 15) is 9.90 Å². The Morgan fingerprint density at radius 2 is 1.50 bits per heavy atom. The molecule has 4 aromatic rings. The third kappa shape index (κ3) is 4.79. The molecule has 4 rings (SSSR count). The highest BCUT2D eigenvalue weighted by atomic mass is 16.5. The van der Waals surface area contributed by atoms with Gasteiger partial charge in [0.1, 0.15) is 0 Å². The van der Waals surface area contributed by atoms with Gasteiger partial charge in [-0.05, 0) is 29.8 Å². The summed E-state index contributed by atoms with van der Waals surface area (Å²) in [5.41, 5.74) is 6.05. The molecule has 0 aliphatic carbocycles. The molecule has 0 spiro atoms. The number of amides is 1. The lowest BCUT2D eigenvalue weighted by molar-refractivity contribution is 0.0945. The van der Waals surface area contributed by atoms with Gasteiger partial charge in [0.15, 0.2) is 11.5 Å². The van der Waals surface area contributed by atoms with E-state index >= 15 is 0 Å². The first-order valence-corrected chi connectivity index (χ1v) is 9.84. The van der Waals surface area contributed by atoms with E-state index in [2.05, 4.69) is 20.5 Å². The molecule has 0 aliphatic heterocycles.